The minimum Gasteiger partial charge on any atom is -0.480 e. The van der Waals surface area contributed by atoms with Crippen LogP contribution >= 0.6 is 22.6 Å². The number of nitrogens with two attached hydrogens (primary N) is 1. The maximum absolute atomic E-state index is 12.7. The fourth-order valence-electron chi connectivity index (χ4n) is 3.04. The summed E-state index contributed by atoms with van der Waals surface area (Å²) in [4.78, 5) is 11.8. The van der Waals surface area contributed by atoms with Crippen molar-refractivity contribution in [1.82, 2.24) is 0 Å². The molecule has 26 heavy (non-hydrogen) atoms. The van der Waals surface area contributed by atoms with E-state index in [1.165, 1.54) is 11.1 Å². The van der Waals surface area contributed by atoms with Crippen molar-refractivity contribution in [2.24, 2.45) is 5.84 Å². The van der Waals surface area contributed by atoms with Gasteiger partial charge in [-0.05, 0) is 30.2 Å². The number of hydrogen-bond donors (Lipinski definition) is 2. The predicted octanol–water partition coefficient (Wildman–Crippen LogP) is 2.76. The molecule has 0 saturated carbocycles. The summed E-state index contributed by atoms with van der Waals surface area (Å²) in [6.45, 7) is 1.89. The molecule has 8 heteroatoms. The summed E-state index contributed by atoms with van der Waals surface area (Å²) in [7, 11) is -3.64. The Hall–Kier alpha value is -1.91. The number of aryl methyl sites for hydroxylation is 1. The van der Waals surface area contributed by atoms with Crippen molar-refractivity contribution in [2.75, 3.05) is 10.8 Å². The van der Waals surface area contributed by atoms with Gasteiger partial charge >= 0.3 is 5.97 Å². The van der Waals surface area contributed by atoms with Gasteiger partial charge in [0.15, 0.2) is 9.84 Å². The van der Waals surface area contributed by atoms with Crippen LogP contribution in [0.2, 0.25) is 0 Å². The zero-order chi connectivity index (χ0) is 19.1. The third kappa shape index (κ3) is 3.24. The van der Waals surface area contributed by atoms with E-state index in [0.29, 0.717) is 16.9 Å². The maximum atomic E-state index is 12.7. The van der Waals surface area contributed by atoms with E-state index in [4.69, 9.17) is 5.84 Å². The molecule has 0 aliphatic carbocycles. The van der Waals surface area contributed by atoms with Gasteiger partial charge in [0.2, 0.25) is 0 Å². The SMILES string of the molecule is Cc1ccccc1N(N)C1=C(C(I)C(=O)O)CS(=O)(=O)c2ccccc21. The van der Waals surface area contributed by atoms with Crippen LogP contribution in [0.25, 0.3) is 5.70 Å². The van der Waals surface area contributed by atoms with Gasteiger partial charge in [0.05, 0.1) is 22.0 Å². The highest BCUT2D eigenvalue weighted by Gasteiger charge is 2.37. The van der Waals surface area contributed by atoms with Gasteiger partial charge in [0, 0.05) is 5.56 Å². The van der Waals surface area contributed by atoms with E-state index in [1.54, 1.807) is 40.8 Å². The molecule has 0 aromatic heterocycles. The lowest BCUT2D eigenvalue weighted by molar-refractivity contribution is -0.135. The summed E-state index contributed by atoms with van der Waals surface area (Å²) in [6.07, 6.45) is 0. The first-order valence-corrected chi connectivity index (χ1v) is 10.7. The number of carboxylic acid groups (broad SMARTS) is 1. The topological polar surface area (TPSA) is 101 Å². The average molecular weight is 484 g/mol. The molecule has 1 atom stereocenters. The van der Waals surface area contributed by atoms with Crippen molar-refractivity contribution in [1.29, 1.82) is 0 Å². The van der Waals surface area contributed by atoms with Gasteiger partial charge < -0.3 is 5.11 Å². The van der Waals surface area contributed by atoms with Gasteiger partial charge in [-0.15, -0.1) is 0 Å². The van der Waals surface area contributed by atoms with Crippen molar-refractivity contribution < 1.29 is 18.3 Å². The lowest BCUT2D eigenvalue weighted by Crippen LogP contribution is -2.37. The molecular formula is C18H17IN2O4S. The number of alkyl halides is 1. The second-order valence-corrected chi connectivity index (χ2v) is 9.19. The summed E-state index contributed by atoms with van der Waals surface area (Å²) in [5.41, 5.74) is 2.69. The molecule has 2 aromatic rings. The molecule has 1 heterocycles. The van der Waals surface area contributed by atoms with E-state index in [0.717, 1.165) is 5.56 Å². The number of sulfone groups is 1. The molecule has 0 radical (unpaired) electrons. The molecule has 0 bridgehead atoms. The number of hydrogen-bond acceptors (Lipinski definition) is 5. The predicted molar refractivity (Wildman–Crippen MR) is 109 cm³/mol. The fourth-order valence-corrected chi connectivity index (χ4v) is 5.51. The Morgan fingerprint density at radius 2 is 1.81 bits per heavy atom. The molecule has 0 spiro atoms. The number of fused-ring (bicyclic) bond motifs is 1. The summed E-state index contributed by atoms with van der Waals surface area (Å²) in [5.74, 6) is 4.90. The number of halogens is 1. The van der Waals surface area contributed by atoms with E-state index < -0.39 is 19.7 Å². The number of aliphatic carboxylic acids is 1. The van der Waals surface area contributed by atoms with Gasteiger partial charge in [-0.2, -0.15) is 0 Å². The highest BCUT2D eigenvalue weighted by Crippen LogP contribution is 2.39. The van der Waals surface area contributed by atoms with Gasteiger partial charge in [0.1, 0.15) is 3.92 Å². The van der Waals surface area contributed by atoms with Crippen LogP contribution in [-0.4, -0.2) is 29.2 Å². The molecule has 3 rings (SSSR count). The second-order valence-electron chi connectivity index (χ2n) is 5.99. The normalized spacial score (nSPS) is 16.7. The Labute approximate surface area is 165 Å². The molecule has 3 N–H and O–H groups in total. The van der Waals surface area contributed by atoms with Crippen molar-refractivity contribution in [3.63, 3.8) is 0 Å². The van der Waals surface area contributed by atoms with Crippen molar-refractivity contribution in [2.45, 2.75) is 15.7 Å². The molecule has 2 aromatic carbocycles. The molecule has 6 nitrogen and oxygen atoms in total. The molecule has 0 amide bonds. The smallest absolute Gasteiger partial charge is 0.320 e. The summed E-state index contributed by atoms with van der Waals surface area (Å²) >= 11 is 1.74. The first-order chi connectivity index (χ1) is 12.2. The number of hydrazine groups is 1. The van der Waals surface area contributed by atoms with E-state index in [2.05, 4.69) is 0 Å². The Morgan fingerprint density at radius 1 is 1.19 bits per heavy atom. The Morgan fingerprint density at radius 3 is 2.46 bits per heavy atom. The number of carbonyl (C=O) groups is 1. The Bertz CT molecular complexity index is 1020. The van der Waals surface area contributed by atoms with E-state index in [-0.39, 0.29) is 16.2 Å². The highest BCUT2D eigenvalue weighted by atomic mass is 127. The lowest BCUT2D eigenvalue weighted by Gasteiger charge is -2.32. The van der Waals surface area contributed by atoms with Crippen LogP contribution in [0.4, 0.5) is 5.69 Å². The van der Waals surface area contributed by atoms with Crippen LogP contribution in [0.3, 0.4) is 0 Å². The summed E-state index contributed by atoms with van der Waals surface area (Å²) < 4.78 is 24.4. The van der Waals surface area contributed by atoms with Crippen LogP contribution < -0.4 is 10.9 Å². The first kappa shape index (κ1) is 18.9. The Balaban J connectivity index is 2.32. The maximum Gasteiger partial charge on any atom is 0.320 e. The van der Waals surface area contributed by atoms with Crippen LogP contribution in [0.5, 0.6) is 0 Å². The quantitative estimate of drug-likeness (QED) is 0.300. The van der Waals surface area contributed by atoms with Gasteiger partial charge in [-0.25, -0.2) is 14.3 Å². The summed E-state index contributed by atoms with van der Waals surface area (Å²) in [6, 6.07) is 13.9. The zero-order valence-corrected chi connectivity index (χ0v) is 16.9. The van der Waals surface area contributed by atoms with Gasteiger partial charge in [-0.1, -0.05) is 59.0 Å². The third-order valence-corrected chi connectivity index (χ3v) is 7.27. The van der Waals surface area contributed by atoms with E-state index >= 15 is 0 Å². The number of carboxylic acids is 1. The fraction of sp³-hybridized carbons (Fsp3) is 0.167. The molecule has 1 aliphatic heterocycles. The molecule has 1 unspecified atom stereocenters. The van der Waals surface area contributed by atoms with E-state index in [1.807, 2.05) is 31.2 Å². The first-order valence-electron chi connectivity index (χ1n) is 7.76. The molecule has 0 fully saturated rings. The van der Waals surface area contributed by atoms with Gasteiger partial charge in [0.25, 0.3) is 0 Å². The Kier molecular flexibility index (Phi) is 5.09. The lowest BCUT2D eigenvalue weighted by atomic mass is 10.0. The van der Waals surface area contributed by atoms with Crippen LogP contribution in [0.15, 0.2) is 59.0 Å². The number of anilines is 1. The van der Waals surface area contributed by atoms with Crippen LogP contribution in [0.1, 0.15) is 11.1 Å². The molecule has 1 aliphatic rings. The minimum atomic E-state index is -3.64. The highest BCUT2D eigenvalue weighted by molar-refractivity contribution is 14.1. The summed E-state index contributed by atoms with van der Waals surface area (Å²) in [5, 5.41) is 10.9. The van der Waals surface area contributed by atoms with Gasteiger partial charge in [-0.3, -0.25) is 9.80 Å². The largest absolute Gasteiger partial charge is 0.480 e. The minimum absolute atomic E-state index is 0.164. The van der Waals surface area contributed by atoms with E-state index in [9.17, 15) is 18.3 Å². The number of nitrogens with zero attached hydrogens (tertiary/aromatic N) is 1. The van der Waals surface area contributed by atoms with Crippen molar-refractivity contribution >= 4 is 49.8 Å². The third-order valence-electron chi connectivity index (χ3n) is 4.27. The molecular weight excluding hydrogens is 467 g/mol. The van der Waals surface area contributed by atoms with Crippen molar-refractivity contribution in [3.05, 3.63) is 65.2 Å². The molecule has 136 valence electrons. The number of para-hydroxylation sites is 1. The number of rotatable bonds is 4. The average Bonchev–Trinajstić information content (AvgIpc) is 2.60. The van der Waals surface area contributed by atoms with Crippen LogP contribution in [0, 0.1) is 6.92 Å². The van der Waals surface area contributed by atoms with Crippen LogP contribution in [-0.2, 0) is 14.6 Å². The second kappa shape index (κ2) is 7.01. The monoisotopic (exact) mass is 484 g/mol. The van der Waals surface area contributed by atoms with Crippen molar-refractivity contribution in [3.8, 4) is 0 Å². The standard InChI is InChI=1S/C18H17IN2O4S/c1-11-6-2-4-8-14(11)21(20)17-12-7-3-5-9-15(12)26(24,25)10-13(17)16(19)18(22)23/h2-9,16H,10,20H2,1H3,(H,22,23). The molecule has 0 saturated heterocycles. The number of benzene rings is 2. The zero-order valence-electron chi connectivity index (χ0n) is 13.9.